The van der Waals surface area contributed by atoms with Crippen molar-refractivity contribution in [1.82, 2.24) is 4.57 Å². The van der Waals surface area contributed by atoms with Crippen LogP contribution in [0.15, 0.2) is 42.6 Å². The van der Waals surface area contributed by atoms with Crippen molar-refractivity contribution in [3.63, 3.8) is 0 Å². The van der Waals surface area contributed by atoms with Crippen LogP contribution in [-0.4, -0.2) is 4.57 Å². The third-order valence-electron chi connectivity index (χ3n) is 2.70. The molecule has 0 radical (unpaired) electrons. The second-order valence-corrected chi connectivity index (χ2v) is 3.94. The molecule has 0 saturated carbocycles. The predicted octanol–water partition coefficient (Wildman–Crippen LogP) is 2.38. The summed E-state index contributed by atoms with van der Waals surface area (Å²) in [6.45, 7) is 2.08. The van der Waals surface area contributed by atoms with Gasteiger partial charge in [0.25, 0.3) is 0 Å². The van der Waals surface area contributed by atoms with Gasteiger partial charge in [-0.3, -0.25) is 0 Å². The summed E-state index contributed by atoms with van der Waals surface area (Å²) < 4.78 is 2.06. The minimum absolute atomic E-state index is 0.0371. The molecule has 1 aromatic carbocycles. The highest BCUT2D eigenvalue weighted by Crippen LogP contribution is 2.19. The fourth-order valence-corrected chi connectivity index (χ4v) is 1.83. The number of nitrogens with zero attached hydrogens (tertiary/aromatic N) is 1. The SMILES string of the molecule is Cc1cccc(C(N)c2cccn2C)c1. The fourth-order valence-electron chi connectivity index (χ4n) is 1.83. The van der Waals surface area contributed by atoms with Gasteiger partial charge in [0.15, 0.2) is 0 Å². The maximum absolute atomic E-state index is 6.21. The van der Waals surface area contributed by atoms with Gasteiger partial charge in [0.05, 0.1) is 6.04 Å². The second-order valence-electron chi connectivity index (χ2n) is 3.94. The Kier molecular flexibility index (Phi) is 2.60. The molecule has 0 amide bonds. The van der Waals surface area contributed by atoms with Crippen molar-refractivity contribution in [3.8, 4) is 0 Å². The molecule has 1 unspecified atom stereocenters. The van der Waals surface area contributed by atoms with E-state index >= 15 is 0 Å². The monoisotopic (exact) mass is 200 g/mol. The van der Waals surface area contributed by atoms with Gasteiger partial charge in [-0.25, -0.2) is 0 Å². The number of aryl methyl sites for hydroxylation is 2. The van der Waals surface area contributed by atoms with Crippen molar-refractivity contribution >= 4 is 0 Å². The smallest absolute Gasteiger partial charge is 0.0706 e. The molecule has 2 heteroatoms. The highest BCUT2D eigenvalue weighted by Gasteiger charge is 2.10. The average Bonchev–Trinajstić information content (AvgIpc) is 2.63. The first-order valence-corrected chi connectivity index (χ1v) is 5.12. The van der Waals surface area contributed by atoms with Crippen LogP contribution >= 0.6 is 0 Å². The molecule has 1 heterocycles. The van der Waals surface area contributed by atoms with Crippen LogP contribution in [-0.2, 0) is 7.05 Å². The van der Waals surface area contributed by atoms with Gasteiger partial charge < -0.3 is 10.3 Å². The van der Waals surface area contributed by atoms with Gasteiger partial charge in [-0.2, -0.15) is 0 Å². The fraction of sp³-hybridized carbons (Fsp3) is 0.231. The first-order chi connectivity index (χ1) is 7.18. The molecule has 0 spiro atoms. The molecule has 78 valence electrons. The minimum Gasteiger partial charge on any atom is -0.353 e. The summed E-state index contributed by atoms with van der Waals surface area (Å²) in [5.74, 6) is 0. The lowest BCUT2D eigenvalue weighted by molar-refractivity contribution is 0.746. The molecular formula is C13H16N2. The van der Waals surface area contributed by atoms with Gasteiger partial charge in [0.1, 0.15) is 0 Å². The first-order valence-electron chi connectivity index (χ1n) is 5.12. The molecule has 0 fully saturated rings. The Morgan fingerprint density at radius 3 is 2.60 bits per heavy atom. The summed E-state index contributed by atoms with van der Waals surface area (Å²) in [4.78, 5) is 0. The summed E-state index contributed by atoms with van der Waals surface area (Å²) in [6, 6.07) is 12.4. The normalized spacial score (nSPS) is 12.7. The summed E-state index contributed by atoms with van der Waals surface area (Å²) in [5, 5.41) is 0. The van der Waals surface area contributed by atoms with Gasteiger partial charge in [-0.1, -0.05) is 29.8 Å². The lowest BCUT2D eigenvalue weighted by atomic mass is 10.0. The molecule has 0 bridgehead atoms. The van der Waals surface area contributed by atoms with E-state index in [2.05, 4.69) is 35.8 Å². The largest absolute Gasteiger partial charge is 0.353 e. The quantitative estimate of drug-likeness (QED) is 0.792. The number of aromatic nitrogens is 1. The Bertz CT molecular complexity index is 457. The summed E-state index contributed by atoms with van der Waals surface area (Å²) in [6.07, 6.45) is 2.02. The van der Waals surface area contributed by atoms with E-state index in [9.17, 15) is 0 Å². The molecule has 1 atom stereocenters. The molecule has 2 aromatic rings. The Hall–Kier alpha value is -1.54. The standard InChI is InChI=1S/C13H16N2/c1-10-5-3-6-11(9-10)13(14)12-7-4-8-15(12)2/h3-9,13H,14H2,1-2H3. The molecular weight excluding hydrogens is 184 g/mol. The van der Waals surface area contributed by atoms with Gasteiger partial charge in [0, 0.05) is 18.9 Å². The van der Waals surface area contributed by atoms with Crippen molar-refractivity contribution in [2.75, 3.05) is 0 Å². The zero-order valence-corrected chi connectivity index (χ0v) is 9.14. The van der Waals surface area contributed by atoms with Gasteiger partial charge in [-0.05, 0) is 24.6 Å². The zero-order chi connectivity index (χ0) is 10.8. The van der Waals surface area contributed by atoms with Crippen molar-refractivity contribution < 1.29 is 0 Å². The number of nitrogens with two attached hydrogens (primary N) is 1. The van der Waals surface area contributed by atoms with Crippen LogP contribution in [0.1, 0.15) is 22.9 Å². The van der Waals surface area contributed by atoms with Crippen molar-refractivity contribution in [1.29, 1.82) is 0 Å². The highest BCUT2D eigenvalue weighted by atomic mass is 14.9. The third-order valence-corrected chi connectivity index (χ3v) is 2.70. The van der Waals surface area contributed by atoms with Crippen LogP contribution in [0.5, 0.6) is 0 Å². The minimum atomic E-state index is -0.0371. The number of hydrogen-bond acceptors (Lipinski definition) is 1. The van der Waals surface area contributed by atoms with Crippen LogP contribution < -0.4 is 5.73 Å². The Morgan fingerprint density at radius 1 is 1.20 bits per heavy atom. The predicted molar refractivity (Wildman–Crippen MR) is 62.6 cm³/mol. The van der Waals surface area contributed by atoms with E-state index in [1.807, 2.05) is 25.4 Å². The zero-order valence-electron chi connectivity index (χ0n) is 9.14. The van der Waals surface area contributed by atoms with Crippen LogP contribution in [0.2, 0.25) is 0 Å². The van der Waals surface area contributed by atoms with Gasteiger partial charge in [-0.15, -0.1) is 0 Å². The maximum Gasteiger partial charge on any atom is 0.0706 e. The number of benzene rings is 1. The molecule has 2 rings (SSSR count). The molecule has 0 aliphatic heterocycles. The second kappa shape index (κ2) is 3.91. The molecule has 15 heavy (non-hydrogen) atoms. The van der Waals surface area contributed by atoms with Crippen molar-refractivity contribution in [2.45, 2.75) is 13.0 Å². The molecule has 0 saturated heterocycles. The molecule has 0 aliphatic carbocycles. The Labute approximate surface area is 90.3 Å². The van der Waals surface area contributed by atoms with Gasteiger partial charge in [0.2, 0.25) is 0 Å². The van der Waals surface area contributed by atoms with E-state index in [1.54, 1.807) is 0 Å². The molecule has 2 N–H and O–H groups in total. The van der Waals surface area contributed by atoms with Crippen molar-refractivity contribution in [3.05, 3.63) is 59.4 Å². The number of rotatable bonds is 2. The third kappa shape index (κ3) is 1.95. The highest BCUT2D eigenvalue weighted by molar-refractivity contribution is 5.31. The average molecular weight is 200 g/mol. The summed E-state index contributed by atoms with van der Waals surface area (Å²) in [7, 11) is 2.02. The molecule has 1 aromatic heterocycles. The molecule has 0 aliphatic rings. The van der Waals surface area contributed by atoms with Crippen LogP contribution in [0, 0.1) is 6.92 Å². The lowest BCUT2D eigenvalue weighted by Crippen LogP contribution is -2.15. The van der Waals surface area contributed by atoms with Crippen molar-refractivity contribution in [2.24, 2.45) is 12.8 Å². The Morgan fingerprint density at radius 2 is 2.00 bits per heavy atom. The first kappa shape index (κ1) is 9.99. The van der Waals surface area contributed by atoms with E-state index in [1.165, 1.54) is 5.56 Å². The van der Waals surface area contributed by atoms with E-state index in [0.29, 0.717) is 0 Å². The summed E-state index contributed by atoms with van der Waals surface area (Å²) >= 11 is 0. The van der Waals surface area contributed by atoms with Crippen LogP contribution in [0.3, 0.4) is 0 Å². The van der Waals surface area contributed by atoms with E-state index in [4.69, 9.17) is 5.73 Å². The number of hydrogen-bond donors (Lipinski definition) is 1. The summed E-state index contributed by atoms with van der Waals surface area (Å²) in [5.41, 5.74) is 9.76. The van der Waals surface area contributed by atoms with E-state index < -0.39 is 0 Å². The topological polar surface area (TPSA) is 30.9 Å². The van der Waals surface area contributed by atoms with Crippen LogP contribution in [0.4, 0.5) is 0 Å². The van der Waals surface area contributed by atoms with Crippen LogP contribution in [0.25, 0.3) is 0 Å². The molecule has 2 nitrogen and oxygen atoms in total. The maximum atomic E-state index is 6.21. The van der Waals surface area contributed by atoms with E-state index in [0.717, 1.165) is 11.3 Å². The van der Waals surface area contributed by atoms with E-state index in [-0.39, 0.29) is 6.04 Å². The Balaban J connectivity index is 2.36. The van der Waals surface area contributed by atoms with Gasteiger partial charge >= 0.3 is 0 Å². The lowest BCUT2D eigenvalue weighted by Gasteiger charge is -2.13.